The van der Waals surface area contributed by atoms with E-state index >= 15 is 0 Å². The molecule has 0 aliphatic carbocycles. The standard InChI is InChI=1S/C19H15N3O4/c1-25-15-8-4-5-11-9-16(26-17(11)15)19(24)20-10-14-12-6-2-3-7-13(12)18(23)22-21-14/h2-9H,10H2,1H3,(H,20,24)(H,22,23). The summed E-state index contributed by atoms with van der Waals surface area (Å²) in [5.41, 5.74) is 0.829. The van der Waals surface area contributed by atoms with Gasteiger partial charge in [0.2, 0.25) is 0 Å². The van der Waals surface area contributed by atoms with Crippen LogP contribution in [0.3, 0.4) is 0 Å². The van der Waals surface area contributed by atoms with Crippen molar-refractivity contribution in [3.8, 4) is 5.75 Å². The van der Waals surface area contributed by atoms with Crippen LogP contribution in [0.4, 0.5) is 0 Å². The number of rotatable bonds is 4. The minimum atomic E-state index is -0.375. The Hall–Kier alpha value is -3.61. The fourth-order valence-corrected chi connectivity index (χ4v) is 2.87. The van der Waals surface area contributed by atoms with E-state index < -0.39 is 0 Å². The zero-order valence-corrected chi connectivity index (χ0v) is 13.9. The summed E-state index contributed by atoms with van der Waals surface area (Å²) in [6, 6.07) is 14.2. The Morgan fingerprint density at radius 1 is 1.19 bits per heavy atom. The SMILES string of the molecule is COc1cccc2cc(C(=O)NCc3n[nH]c(=O)c4ccccc34)oc12. The molecular weight excluding hydrogens is 334 g/mol. The van der Waals surface area contributed by atoms with Gasteiger partial charge in [-0.3, -0.25) is 9.59 Å². The molecule has 2 aromatic heterocycles. The number of hydrogen-bond donors (Lipinski definition) is 2. The second-order valence-corrected chi connectivity index (χ2v) is 5.72. The lowest BCUT2D eigenvalue weighted by molar-refractivity contribution is 0.0925. The highest BCUT2D eigenvalue weighted by Crippen LogP contribution is 2.28. The number of methoxy groups -OCH3 is 1. The van der Waals surface area contributed by atoms with Crippen LogP contribution >= 0.6 is 0 Å². The van der Waals surface area contributed by atoms with E-state index in [4.69, 9.17) is 9.15 Å². The lowest BCUT2D eigenvalue weighted by Gasteiger charge is -2.05. The summed E-state index contributed by atoms with van der Waals surface area (Å²) in [4.78, 5) is 24.3. The van der Waals surface area contributed by atoms with Gasteiger partial charge in [-0.2, -0.15) is 5.10 Å². The number of furan rings is 1. The third kappa shape index (κ3) is 2.69. The number of para-hydroxylation sites is 1. The van der Waals surface area contributed by atoms with Crippen LogP contribution in [0.25, 0.3) is 21.7 Å². The van der Waals surface area contributed by atoms with Crippen molar-refractivity contribution in [3.05, 3.63) is 70.3 Å². The number of benzene rings is 2. The first-order valence-electron chi connectivity index (χ1n) is 7.98. The van der Waals surface area contributed by atoms with Gasteiger partial charge in [0.1, 0.15) is 0 Å². The quantitative estimate of drug-likeness (QED) is 0.590. The van der Waals surface area contributed by atoms with Gasteiger partial charge < -0.3 is 14.5 Å². The molecule has 0 bridgehead atoms. The van der Waals surface area contributed by atoms with E-state index in [1.54, 1.807) is 37.4 Å². The van der Waals surface area contributed by atoms with Gasteiger partial charge in [-0.1, -0.05) is 30.3 Å². The van der Waals surface area contributed by atoms with Gasteiger partial charge in [0.25, 0.3) is 11.5 Å². The number of nitrogens with one attached hydrogen (secondary N) is 2. The third-order valence-corrected chi connectivity index (χ3v) is 4.14. The molecule has 0 fully saturated rings. The summed E-state index contributed by atoms with van der Waals surface area (Å²) in [7, 11) is 1.55. The molecule has 0 radical (unpaired) electrons. The maximum absolute atomic E-state index is 12.4. The monoisotopic (exact) mass is 349 g/mol. The zero-order valence-electron chi connectivity index (χ0n) is 13.9. The van der Waals surface area contributed by atoms with Crippen molar-refractivity contribution in [1.29, 1.82) is 0 Å². The summed E-state index contributed by atoms with van der Waals surface area (Å²) in [6.45, 7) is 0.157. The first kappa shape index (κ1) is 15.9. The predicted octanol–water partition coefficient (Wildman–Crippen LogP) is 2.61. The number of H-pyrrole nitrogens is 1. The van der Waals surface area contributed by atoms with Gasteiger partial charge >= 0.3 is 0 Å². The summed E-state index contributed by atoms with van der Waals surface area (Å²) in [5.74, 6) is 0.369. The Kier molecular flexibility index (Phi) is 3.89. The van der Waals surface area contributed by atoms with Crippen molar-refractivity contribution in [2.75, 3.05) is 7.11 Å². The predicted molar refractivity (Wildman–Crippen MR) is 96.3 cm³/mol. The van der Waals surface area contributed by atoms with Crippen LogP contribution in [-0.2, 0) is 6.54 Å². The maximum atomic E-state index is 12.4. The van der Waals surface area contributed by atoms with E-state index in [0.29, 0.717) is 27.8 Å². The molecule has 0 saturated carbocycles. The number of carbonyl (C=O) groups excluding carboxylic acids is 1. The summed E-state index contributed by atoms with van der Waals surface area (Å²) in [5, 5.41) is 11.3. The summed E-state index contributed by atoms with van der Waals surface area (Å²) >= 11 is 0. The maximum Gasteiger partial charge on any atom is 0.287 e. The fourth-order valence-electron chi connectivity index (χ4n) is 2.87. The van der Waals surface area contributed by atoms with Gasteiger partial charge in [-0.15, -0.1) is 0 Å². The second-order valence-electron chi connectivity index (χ2n) is 5.72. The van der Waals surface area contributed by atoms with Gasteiger partial charge in [0.05, 0.1) is 24.7 Å². The Labute approximate surface area is 147 Å². The third-order valence-electron chi connectivity index (χ3n) is 4.14. The normalized spacial score (nSPS) is 11.0. The Morgan fingerprint density at radius 2 is 2.00 bits per heavy atom. The number of aromatic nitrogens is 2. The van der Waals surface area contributed by atoms with Crippen LogP contribution in [0.2, 0.25) is 0 Å². The van der Waals surface area contributed by atoms with E-state index in [0.717, 1.165) is 5.39 Å². The molecule has 7 heteroatoms. The molecule has 0 aliphatic rings. The molecule has 1 amide bonds. The molecule has 2 aromatic carbocycles. The van der Waals surface area contributed by atoms with Crippen LogP contribution in [0.5, 0.6) is 5.75 Å². The molecule has 0 spiro atoms. The minimum absolute atomic E-state index is 0.157. The van der Waals surface area contributed by atoms with Crippen LogP contribution in [0.1, 0.15) is 16.2 Å². The van der Waals surface area contributed by atoms with E-state index in [1.165, 1.54) is 0 Å². The van der Waals surface area contributed by atoms with Crippen LogP contribution in [-0.4, -0.2) is 23.2 Å². The minimum Gasteiger partial charge on any atom is -0.493 e. The first-order valence-corrected chi connectivity index (χ1v) is 7.98. The molecule has 4 rings (SSSR count). The van der Waals surface area contributed by atoms with Crippen molar-refractivity contribution in [2.45, 2.75) is 6.54 Å². The highest BCUT2D eigenvalue weighted by molar-refractivity contribution is 5.97. The number of carbonyl (C=O) groups is 1. The topological polar surface area (TPSA) is 97.2 Å². The Balaban J connectivity index is 1.60. The van der Waals surface area contributed by atoms with Crippen LogP contribution in [0.15, 0.2) is 57.7 Å². The molecule has 130 valence electrons. The number of nitrogens with zero attached hydrogens (tertiary/aromatic N) is 1. The van der Waals surface area contributed by atoms with Crippen molar-refractivity contribution in [3.63, 3.8) is 0 Å². The second kappa shape index (κ2) is 6.36. The fraction of sp³-hybridized carbons (Fsp3) is 0.105. The van der Waals surface area contributed by atoms with E-state index in [2.05, 4.69) is 15.5 Å². The molecular formula is C19H15N3O4. The van der Waals surface area contributed by atoms with Gasteiger partial charge in [-0.05, 0) is 18.2 Å². The van der Waals surface area contributed by atoms with E-state index in [9.17, 15) is 9.59 Å². The van der Waals surface area contributed by atoms with Crippen molar-refractivity contribution in [1.82, 2.24) is 15.5 Å². The van der Waals surface area contributed by atoms with E-state index in [-0.39, 0.29) is 23.8 Å². The molecule has 2 heterocycles. The molecule has 0 aliphatic heterocycles. The molecule has 0 atom stereocenters. The Morgan fingerprint density at radius 3 is 2.81 bits per heavy atom. The van der Waals surface area contributed by atoms with Crippen LogP contribution < -0.4 is 15.6 Å². The lowest BCUT2D eigenvalue weighted by Crippen LogP contribution is -2.24. The van der Waals surface area contributed by atoms with Gasteiger partial charge in [0, 0.05) is 10.8 Å². The smallest absolute Gasteiger partial charge is 0.287 e. The summed E-state index contributed by atoms with van der Waals surface area (Å²) in [6.07, 6.45) is 0. The summed E-state index contributed by atoms with van der Waals surface area (Å²) < 4.78 is 10.9. The lowest BCUT2D eigenvalue weighted by atomic mass is 10.1. The number of ether oxygens (including phenoxy) is 1. The molecule has 0 unspecified atom stereocenters. The molecule has 4 aromatic rings. The average molecular weight is 349 g/mol. The Bertz CT molecular complexity index is 1180. The van der Waals surface area contributed by atoms with Crippen molar-refractivity contribution in [2.24, 2.45) is 0 Å². The average Bonchev–Trinajstić information content (AvgIpc) is 3.12. The van der Waals surface area contributed by atoms with Crippen molar-refractivity contribution < 1.29 is 13.9 Å². The zero-order chi connectivity index (χ0) is 18.1. The molecule has 7 nitrogen and oxygen atoms in total. The molecule has 26 heavy (non-hydrogen) atoms. The number of amides is 1. The van der Waals surface area contributed by atoms with Crippen LogP contribution in [0, 0.1) is 0 Å². The number of fused-ring (bicyclic) bond motifs is 2. The number of hydrogen-bond acceptors (Lipinski definition) is 5. The van der Waals surface area contributed by atoms with E-state index in [1.807, 2.05) is 18.2 Å². The van der Waals surface area contributed by atoms with Crippen molar-refractivity contribution >= 4 is 27.6 Å². The first-order chi connectivity index (χ1) is 12.7. The number of aromatic amines is 1. The van der Waals surface area contributed by atoms with Gasteiger partial charge in [-0.25, -0.2) is 5.10 Å². The molecule has 2 N–H and O–H groups in total. The van der Waals surface area contributed by atoms with Gasteiger partial charge in [0.15, 0.2) is 17.1 Å². The highest BCUT2D eigenvalue weighted by Gasteiger charge is 2.15. The largest absolute Gasteiger partial charge is 0.493 e. The highest BCUT2D eigenvalue weighted by atomic mass is 16.5. The molecule has 0 saturated heterocycles.